The predicted molar refractivity (Wildman–Crippen MR) is 69.5 cm³/mol. The molecule has 2 heterocycles. The van der Waals surface area contributed by atoms with Crippen molar-refractivity contribution in [2.75, 3.05) is 33.2 Å². The second-order valence-electron chi connectivity index (χ2n) is 4.67. The molecule has 0 amide bonds. The number of carbonyl (C=O) groups excluding carboxylic acids is 1. The van der Waals surface area contributed by atoms with Crippen molar-refractivity contribution in [3.63, 3.8) is 0 Å². The van der Waals surface area contributed by atoms with Crippen molar-refractivity contribution in [1.29, 1.82) is 0 Å². The molecule has 1 N–H and O–H groups in total. The first kappa shape index (κ1) is 12.7. The summed E-state index contributed by atoms with van der Waals surface area (Å²) in [5.41, 5.74) is 0. The van der Waals surface area contributed by atoms with E-state index in [4.69, 9.17) is 0 Å². The maximum atomic E-state index is 11.8. The molecule has 17 heavy (non-hydrogen) atoms. The van der Waals surface area contributed by atoms with E-state index in [0.29, 0.717) is 17.5 Å². The Bertz CT molecular complexity index is 347. The number of rotatable bonds is 5. The van der Waals surface area contributed by atoms with Crippen LogP contribution in [-0.2, 0) is 0 Å². The van der Waals surface area contributed by atoms with E-state index < -0.39 is 0 Å². The zero-order chi connectivity index (χ0) is 12.1. The Labute approximate surface area is 106 Å². The fraction of sp³-hybridized carbons (Fsp3) is 0.667. The normalized spacial score (nSPS) is 20.7. The molecule has 0 radical (unpaired) electrons. The van der Waals surface area contributed by atoms with Gasteiger partial charge in [-0.1, -0.05) is 0 Å². The number of carbonyl (C=O) groups is 1. The molecule has 1 saturated heterocycles. The molecule has 0 aliphatic carbocycles. The maximum absolute atomic E-state index is 11.8. The van der Waals surface area contributed by atoms with Crippen LogP contribution >= 0.6 is 11.3 Å². The van der Waals surface area contributed by atoms with Gasteiger partial charge in [0.15, 0.2) is 5.01 Å². The van der Waals surface area contributed by atoms with Crippen molar-refractivity contribution in [1.82, 2.24) is 15.2 Å². The summed E-state index contributed by atoms with van der Waals surface area (Å²) in [7, 11) is 2.01. The topological polar surface area (TPSA) is 45.2 Å². The van der Waals surface area contributed by atoms with Crippen molar-refractivity contribution in [3.05, 3.63) is 16.6 Å². The molecule has 0 unspecified atom stereocenters. The molecule has 0 spiro atoms. The first-order valence-electron chi connectivity index (χ1n) is 6.07. The number of thiazole rings is 1. The van der Waals surface area contributed by atoms with Gasteiger partial charge in [0, 0.05) is 18.1 Å². The number of aromatic nitrogens is 1. The van der Waals surface area contributed by atoms with E-state index >= 15 is 0 Å². The number of piperidine rings is 1. The molecular weight excluding hydrogens is 234 g/mol. The van der Waals surface area contributed by atoms with Crippen molar-refractivity contribution >= 4 is 17.1 Å². The Hall–Kier alpha value is -0.780. The van der Waals surface area contributed by atoms with Crippen LogP contribution in [0.5, 0.6) is 0 Å². The van der Waals surface area contributed by atoms with Crippen LogP contribution in [0.4, 0.5) is 0 Å². The van der Waals surface area contributed by atoms with Crippen LogP contribution < -0.4 is 5.32 Å². The summed E-state index contributed by atoms with van der Waals surface area (Å²) >= 11 is 1.42. The third-order valence-corrected chi connectivity index (χ3v) is 3.87. The minimum atomic E-state index is 0.131. The molecule has 5 heteroatoms. The SMILES string of the molecule is CN(CC(=O)c1nccs1)C[C@@H]1CCCNC1. The Balaban J connectivity index is 1.76. The quantitative estimate of drug-likeness (QED) is 0.802. The van der Waals surface area contributed by atoms with Gasteiger partial charge in [0.2, 0.25) is 5.78 Å². The Morgan fingerprint density at radius 1 is 1.71 bits per heavy atom. The van der Waals surface area contributed by atoms with E-state index in [2.05, 4.69) is 15.2 Å². The average molecular weight is 253 g/mol. The molecule has 0 bridgehead atoms. The van der Waals surface area contributed by atoms with E-state index in [1.54, 1.807) is 6.20 Å². The highest BCUT2D eigenvalue weighted by atomic mass is 32.1. The van der Waals surface area contributed by atoms with Crippen LogP contribution in [0, 0.1) is 5.92 Å². The van der Waals surface area contributed by atoms with E-state index in [-0.39, 0.29) is 5.78 Å². The van der Waals surface area contributed by atoms with Gasteiger partial charge in [0.1, 0.15) is 0 Å². The smallest absolute Gasteiger partial charge is 0.205 e. The first-order valence-corrected chi connectivity index (χ1v) is 6.95. The highest BCUT2D eigenvalue weighted by Gasteiger charge is 2.17. The predicted octanol–water partition coefficient (Wildman–Crippen LogP) is 1.26. The zero-order valence-corrected chi connectivity index (χ0v) is 11.0. The minimum absolute atomic E-state index is 0.131. The number of likely N-dealkylation sites (N-methyl/N-ethyl adjacent to an activating group) is 1. The largest absolute Gasteiger partial charge is 0.316 e. The van der Waals surface area contributed by atoms with Crippen LogP contribution in [0.15, 0.2) is 11.6 Å². The molecule has 2 rings (SSSR count). The first-order chi connectivity index (χ1) is 8.25. The molecule has 0 saturated carbocycles. The lowest BCUT2D eigenvalue weighted by Gasteiger charge is -2.27. The van der Waals surface area contributed by atoms with Gasteiger partial charge >= 0.3 is 0 Å². The summed E-state index contributed by atoms with van der Waals surface area (Å²) in [6.45, 7) is 3.68. The Morgan fingerprint density at radius 2 is 2.59 bits per heavy atom. The van der Waals surface area contributed by atoms with Crippen molar-refractivity contribution < 1.29 is 4.79 Å². The highest BCUT2D eigenvalue weighted by Crippen LogP contribution is 2.12. The van der Waals surface area contributed by atoms with Gasteiger partial charge in [0.05, 0.1) is 6.54 Å². The van der Waals surface area contributed by atoms with Crippen LogP contribution in [-0.4, -0.2) is 48.9 Å². The van der Waals surface area contributed by atoms with E-state index in [1.165, 1.54) is 24.2 Å². The third-order valence-electron chi connectivity index (χ3n) is 3.05. The number of hydrogen-bond donors (Lipinski definition) is 1. The lowest BCUT2D eigenvalue weighted by Crippen LogP contribution is -2.38. The second-order valence-corrected chi connectivity index (χ2v) is 5.56. The molecule has 1 atom stereocenters. The molecule has 1 fully saturated rings. The minimum Gasteiger partial charge on any atom is -0.316 e. The monoisotopic (exact) mass is 253 g/mol. The van der Waals surface area contributed by atoms with Crippen LogP contribution in [0.1, 0.15) is 22.6 Å². The van der Waals surface area contributed by atoms with Gasteiger partial charge in [-0.15, -0.1) is 11.3 Å². The highest BCUT2D eigenvalue weighted by molar-refractivity contribution is 7.11. The number of nitrogens with one attached hydrogen (secondary N) is 1. The van der Waals surface area contributed by atoms with Crippen molar-refractivity contribution in [3.8, 4) is 0 Å². The average Bonchev–Trinajstić information content (AvgIpc) is 2.83. The van der Waals surface area contributed by atoms with E-state index in [1.807, 2.05) is 12.4 Å². The van der Waals surface area contributed by atoms with E-state index in [9.17, 15) is 4.79 Å². The molecule has 1 aromatic heterocycles. The Morgan fingerprint density at radius 3 is 3.24 bits per heavy atom. The standard InChI is InChI=1S/C12H19N3OS/c1-15(8-10-3-2-4-13-7-10)9-11(16)12-14-5-6-17-12/h5-6,10,13H,2-4,7-9H2,1H3/t10-/m1/s1. The molecule has 0 aromatic carbocycles. The Kier molecular flexibility index (Phi) is 4.65. The van der Waals surface area contributed by atoms with E-state index in [0.717, 1.165) is 19.6 Å². The molecule has 1 aliphatic rings. The molecule has 94 valence electrons. The van der Waals surface area contributed by atoms with Gasteiger partial charge in [-0.25, -0.2) is 4.98 Å². The lowest BCUT2D eigenvalue weighted by molar-refractivity contribution is 0.0933. The summed E-state index contributed by atoms with van der Waals surface area (Å²) in [6, 6.07) is 0. The number of Topliss-reactive ketones (excluding diaryl/α,β-unsaturated/α-hetero) is 1. The van der Waals surface area contributed by atoms with Crippen molar-refractivity contribution in [2.24, 2.45) is 5.92 Å². The number of ketones is 1. The number of hydrogen-bond acceptors (Lipinski definition) is 5. The summed E-state index contributed by atoms with van der Waals surface area (Å²) in [4.78, 5) is 18.0. The zero-order valence-electron chi connectivity index (χ0n) is 10.2. The molecule has 1 aliphatic heterocycles. The van der Waals surface area contributed by atoms with Gasteiger partial charge in [-0.3, -0.25) is 9.69 Å². The molecule has 1 aromatic rings. The van der Waals surface area contributed by atoms with Gasteiger partial charge in [-0.2, -0.15) is 0 Å². The summed E-state index contributed by atoms with van der Waals surface area (Å²) in [6.07, 6.45) is 4.20. The molecular formula is C12H19N3OS. The number of nitrogens with zero attached hydrogens (tertiary/aromatic N) is 2. The fourth-order valence-corrected chi connectivity index (χ4v) is 2.83. The third kappa shape index (κ3) is 3.87. The molecule has 4 nitrogen and oxygen atoms in total. The van der Waals surface area contributed by atoms with Gasteiger partial charge in [-0.05, 0) is 38.9 Å². The second kappa shape index (κ2) is 6.23. The van der Waals surface area contributed by atoms with Crippen molar-refractivity contribution in [2.45, 2.75) is 12.8 Å². The van der Waals surface area contributed by atoms with Gasteiger partial charge < -0.3 is 5.32 Å². The summed E-state index contributed by atoms with van der Waals surface area (Å²) in [5.74, 6) is 0.809. The van der Waals surface area contributed by atoms with Crippen LogP contribution in [0.3, 0.4) is 0 Å². The van der Waals surface area contributed by atoms with Gasteiger partial charge in [0.25, 0.3) is 0 Å². The lowest BCUT2D eigenvalue weighted by atomic mass is 9.99. The fourth-order valence-electron chi connectivity index (χ4n) is 2.26. The van der Waals surface area contributed by atoms with Crippen LogP contribution in [0.25, 0.3) is 0 Å². The maximum Gasteiger partial charge on any atom is 0.205 e. The van der Waals surface area contributed by atoms with Crippen LogP contribution in [0.2, 0.25) is 0 Å². The summed E-state index contributed by atoms with van der Waals surface area (Å²) in [5, 5.41) is 5.87. The summed E-state index contributed by atoms with van der Waals surface area (Å²) < 4.78 is 0.